The predicted octanol–water partition coefficient (Wildman–Crippen LogP) is 0.0133. The van der Waals surface area contributed by atoms with E-state index in [1.165, 1.54) is 11.3 Å². The minimum Gasteiger partial charge on any atom is -0.379 e. The van der Waals surface area contributed by atoms with Crippen molar-refractivity contribution >= 4 is 28.3 Å². The summed E-state index contributed by atoms with van der Waals surface area (Å²) in [6.07, 6.45) is 0. The standard InChI is InChI=1S/C15H25N5O3S/c1-10(2)13(16)14(22)17-7-12(21)19-15-18-11(9-24-15)8-20-3-5-23-6-4-20/h9-10,13H,3-8,16H2,1-2H3,(H,17,22)(H,18,19,21)/t13-/m0/s1. The summed E-state index contributed by atoms with van der Waals surface area (Å²) >= 11 is 1.37. The van der Waals surface area contributed by atoms with Crippen LogP contribution in [0.4, 0.5) is 5.13 Å². The first-order valence-electron chi connectivity index (χ1n) is 8.03. The van der Waals surface area contributed by atoms with Crippen LogP contribution in [-0.2, 0) is 20.9 Å². The molecule has 0 aromatic carbocycles. The molecule has 24 heavy (non-hydrogen) atoms. The van der Waals surface area contributed by atoms with Gasteiger partial charge >= 0.3 is 0 Å². The van der Waals surface area contributed by atoms with Gasteiger partial charge in [-0.3, -0.25) is 14.5 Å². The van der Waals surface area contributed by atoms with Crippen LogP contribution >= 0.6 is 11.3 Å². The molecule has 1 fully saturated rings. The van der Waals surface area contributed by atoms with Crippen molar-refractivity contribution in [3.8, 4) is 0 Å². The Labute approximate surface area is 145 Å². The summed E-state index contributed by atoms with van der Waals surface area (Å²) in [6.45, 7) is 7.61. The van der Waals surface area contributed by atoms with Crippen LogP contribution in [0, 0.1) is 5.92 Å². The van der Waals surface area contributed by atoms with E-state index in [2.05, 4.69) is 20.5 Å². The first-order chi connectivity index (χ1) is 11.5. The molecule has 1 saturated heterocycles. The first-order valence-corrected chi connectivity index (χ1v) is 8.91. The Morgan fingerprint density at radius 1 is 1.42 bits per heavy atom. The van der Waals surface area contributed by atoms with Crippen molar-refractivity contribution in [1.82, 2.24) is 15.2 Å². The average Bonchev–Trinajstić information content (AvgIpc) is 2.99. The molecule has 2 heterocycles. The van der Waals surface area contributed by atoms with Gasteiger partial charge < -0.3 is 21.1 Å². The molecule has 1 aliphatic heterocycles. The molecule has 0 aliphatic carbocycles. The number of ether oxygens (including phenoxy) is 1. The second-order valence-electron chi connectivity index (χ2n) is 6.07. The predicted molar refractivity (Wildman–Crippen MR) is 92.7 cm³/mol. The number of morpholine rings is 1. The van der Waals surface area contributed by atoms with Crippen LogP contribution in [0.5, 0.6) is 0 Å². The van der Waals surface area contributed by atoms with Gasteiger partial charge in [-0.15, -0.1) is 11.3 Å². The Bertz CT molecular complexity index is 557. The number of carbonyl (C=O) groups is 2. The number of aromatic nitrogens is 1. The summed E-state index contributed by atoms with van der Waals surface area (Å²) in [5.74, 6) is -0.617. The van der Waals surface area contributed by atoms with E-state index in [0.29, 0.717) is 5.13 Å². The molecular formula is C15H25N5O3S. The van der Waals surface area contributed by atoms with Gasteiger partial charge in [0.15, 0.2) is 5.13 Å². The third kappa shape index (κ3) is 5.82. The topological polar surface area (TPSA) is 110 Å². The lowest BCUT2D eigenvalue weighted by atomic mass is 10.1. The van der Waals surface area contributed by atoms with Crippen molar-refractivity contribution in [2.75, 3.05) is 38.2 Å². The monoisotopic (exact) mass is 355 g/mol. The molecule has 0 radical (unpaired) electrons. The van der Waals surface area contributed by atoms with E-state index in [9.17, 15) is 9.59 Å². The summed E-state index contributed by atoms with van der Waals surface area (Å²) in [4.78, 5) is 30.3. The SMILES string of the molecule is CC(C)[C@H](N)C(=O)NCC(=O)Nc1nc(CN2CCOCC2)cs1. The molecule has 0 unspecified atom stereocenters. The molecular weight excluding hydrogens is 330 g/mol. The zero-order chi connectivity index (χ0) is 17.5. The van der Waals surface area contributed by atoms with Crippen molar-refractivity contribution in [3.63, 3.8) is 0 Å². The molecule has 2 amide bonds. The minimum absolute atomic E-state index is 0.0229. The molecule has 4 N–H and O–H groups in total. The lowest BCUT2D eigenvalue weighted by molar-refractivity contribution is -0.125. The lowest BCUT2D eigenvalue weighted by Gasteiger charge is -2.25. The minimum atomic E-state index is -0.613. The fraction of sp³-hybridized carbons (Fsp3) is 0.667. The molecule has 0 spiro atoms. The van der Waals surface area contributed by atoms with E-state index in [0.717, 1.165) is 38.5 Å². The number of nitrogens with two attached hydrogens (primary N) is 1. The third-order valence-electron chi connectivity index (χ3n) is 3.73. The van der Waals surface area contributed by atoms with Crippen LogP contribution in [0.15, 0.2) is 5.38 Å². The summed E-state index contributed by atoms with van der Waals surface area (Å²) in [5, 5.41) is 7.69. The van der Waals surface area contributed by atoms with Gasteiger partial charge in [0.25, 0.3) is 0 Å². The number of thiazole rings is 1. The number of hydrogen-bond acceptors (Lipinski definition) is 7. The molecule has 0 saturated carbocycles. The smallest absolute Gasteiger partial charge is 0.245 e. The summed E-state index contributed by atoms with van der Waals surface area (Å²) in [6, 6.07) is -0.613. The van der Waals surface area contributed by atoms with Crippen molar-refractivity contribution in [2.45, 2.75) is 26.4 Å². The maximum Gasteiger partial charge on any atom is 0.245 e. The van der Waals surface area contributed by atoms with E-state index in [1.807, 2.05) is 19.2 Å². The van der Waals surface area contributed by atoms with Gasteiger partial charge in [0, 0.05) is 25.0 Å². The highest BCUT2D eigenvalue weighted by atomic mass is 32.1. The molecule has 1 atom stereocenters. The van der Waals surface area contributed by atoms with E-state index < -0.39 is 6.04 Å². The van der Waals surface area contributed by atoms with Crippen LogP contribution < -0.4 is 16.4 Å². The maximum absolute atomic E-state index is 11.9. The quantitative estimate of drug-likeness (QED) is 0.636. The van der Waals surface area contributed by atoms with Crippen LogP contribution in [0.2, 0.25) is 0 Å². The molecule has 1 aliphatic rings. The highest BCUT2D eigenvalue weighted by Crippen LogP contribution is 2.17. The fourth-order valence-corrected chi connectivity index (χ4v) is 2.89. The van der Waals surface area contributed by atoms with Crippen LogP contribution in [0.3, 0.4) is 0 Å². The average molecular weight is 355 g/mol. The van der Waals surface area contributed by atoms with Gasteiger partial charge in [-0.1, -0.05) is 13.8 Å². The molecule has 134 valence electrons. The Hall–Kier alpha value is -1.55. The molecule has 9 heteroatoms. The van der Waals surface area contributed by atoms with Crippen LogP contribution in [-0.4, -0.2) is 60.6 Å². The van der Waals surface area contributed by atoms with Gasteiger partial charge in [0.2, 0.25) is 11.8 Å². The van der Waals surface area contributed by atoms with E-state index in [-0.39, 0.29) is 24.3 Å². The Morgan fingerprint density at radius 3 is 2.79 bits per heavy atom. The van der Waals surface area contributed by atoms with Gasteiger partial charge in [-0.2, -0.15) is 0 Å². The summed E-state index contributed by atoms with van der Waals surface area (Å²) in [7, 11) is 0. The van der Waals surface area contributed by atoms with E-state index >= 15 is 0 Å². The van der Waals surface area contributed by atoms with Crippen molar-refractivity contribution < 1.29 is 14.3 Å². The Balaban J connectivity index is 1.75. The number of nitrogens with one attached hydrogen (secondary N) is 2. The van der Waals surface area contributed by atoms with Crippen LogP contribution in [0.1, 0.15) is 19.5 Å². The van der Waals surface area contributed by atoms with Crippen molar-refractivity contribution in [2.24, 2.45) is 11.7 Å². The number of nitrogens with zero attached hydrogens (tertiary/aromatic N) is 2. The number of hydrogen-bond donors (Lipinski definition) is 3. The normalized spacial score (nSPS) is 16.8. The van der Waals surface area contributed by atoms with Crippen LogP contribution in [0.25, 0.3) is 0 Å². The van der Waals surface area contributed by atoms with Crippen molar-refractivity contribution in [3.05, 3.63) is 11.1 Å². The zero-order valence-corrected chi connectivity index (χ0v) is 14.9. The van der Waals surface area contributed by atoms with E-state index in [1.54, 1.807) is 0 Å². The van der Waals surface area contributed by atoms with Gasteiger partial charge in [-0.05, 0) is 5.92 Å². The maximum atomic E-state index is 11.9. The number of rotatable bonds is 7. The molecule has 1 aromatic rings. The van der Waals surface area contributed by atoms with Gasteiger partial charge in [0.05, 0.1) is 31.5 Å². The summed E-state index contributed by atoms with van der Waals surface area (Å²) < 4.78 is 5.31. The largest absolute Gasteiger partial charge is 0.379 e. The number of anilines is 1. The third-order valence-corrected chi connectivity index (χ3v) is 4.54. The Morgan fingerprint density at radius 2 is 2.12 bits per heavy atom. The van der Waals surface area contributed by atoms with Crippen molar-refractivity contribution in [1.29, 1.82) is 0 Å². The highest BCUT2D eigenvalue weighted by molar-refractivity contribution is 7.13. The summed E-state index contributed by atoms with van der Waals surface area (Å²) in [5.41, 5.74) is 6.64. The zero-order valence-electron chi connectivity index (χ0n) is 14.1. The molecule has 8 nitrogen and oxygen atoms in total. The second-order valence-corrected chi connectivity index (χ2v) is 6.93. The molecule has 1 aromatic heterocycles. The Kier molecular flexibility index (Phi) is 7.10. The number of amides is 2. The highest BCUT2D eigenvalue weighted by Gasteiger charge is 2.18. The van der Waals surface area contributed by atoms with E-state index in [4.69, 9.17) is 10.5 Å². The molecule has 2 rings (SSSR count). The first kappa shape index (κ1) is 18.8. The van der Waals surface area contributed by atoms with Gasteiger partial charge in [0.1, 0.15) is 0 Å². The van der Waals surface area contributed by atoms with Gasteiger partial charge in [-0.25, -0.2) is 4.98 Å². The second kappa shape index (κ2) is 9.07. The number of carbonyl (C=O) groups excluding carboxylic acids is 2. The fourth-order valence-electron chi connectivity index (χ4n) is 2.18. The lowest BCUT2D eigenvalue weighted by Crippen LogP contribution is -2.46. The molecule has 0 bridgehead atoms.